The van der Waals surface area contributed by atoms with E-state index in [2.05, 4.69) is 14.8 Å². The molecular weight excluding hydrogens is 251 g/mol. The van der Waals surface area contributed by atoms with Gasteiger partial charge in [0.05, 0.1) is 7.11 Å². The van der Waals surface area contributed by atoms with Crippen molar-refractivity contribution in [2.75, 3.05) is 20.3 Å². The van der Waals surface area contributed by atoms with Gasteiger partial charge < -0.3 is 9.47 Å². The molecular formula is C11H18F3NO3. The van der Waals surface area contributed by atoms with Crippen molar-refractivity contribution in [1.82, 2.24) is 5.32 Å². The van der Waals surface area contributed by atoms with E-state index in [0.29, 0.717) is 0 Å². The van der Waals surface area contributed by atoms with E-state index in [9.17, 15) is 18.0 Å². The average Bonchev–Trinajstić information content (AvgIpc) is 3.06. The van der Waals surface area contributed by atoms with Crippen LogP contribution in [0.2, 0.25) is 0 Å². The number of rotatable bonds is 7. The highest BCUT2D eigenvalue weighted by Crippen LogP contribution is 2.25. The van der Waals surface area contributed by atoms with Crippen molar-refractivity contribution in [3.63, 3.8) is 0 Å². The van der Waals surface area contributed by atoms with Gasteiger partial charge >= 0.3 is 12.1 Å². The summed E-state index contributed by atoms with van der Waals surface area (Å²) in [5.74, 6) is -0.481. The molecule has 1 N–H and O–H groups in total. The van der Waals surface area contributed by atoms with E-state index in [-0.39, 0.29) is 19.1 Å². The molecule has 0 radical (unpaired) electrons. The molecule has 0 amide bonds. The van der Waals surface area contributed by atoms with E-state index < -0.39 is 24.3 Å². The van der Waals surface area contributed by atoms with E-state index in [0.717, 1.165) is 12.8 Å². The van der Waals surface area contributed by atoms with Crippen LogP contribution >= 0.6 is 0 Å². The Bertz CT molecular complexity index is 292. The lowest BCUT2D eigenvalue weighted by molar-refractivity contribution is -0.175. The van der Waals surface area contributed by atoms with Crippen molar-refractivity contribution >= 4 is 5.97 Å². The van der Waals surface area contributed by atoms with Crippen LogP contribution in [0, 0.1) is 0 Å². The molecule has 0 heterocycles. The minimum absolute atomic E-state index is 0.145. The van der Waals surface area contributed by atoms with Crippen molar-refractivity contribution < 1.29 is 27.4 Å². The van der Waals surface area contributed by atoms with Crippen LogP contribution in [0.25, 0.3) is 0 Å². The van der Waals surface area contributed by atoms with Crippen LogP contribution in [0.5, 0.6) is 0 Å². The number of esters is 1. The highest BCUT2D eigenvalue weighted by atomic mass is 19.4. The SMILES string of the molecule is COC(=O)C(C)(CCOCC(F)(F)F)NC1CC1. The molecule has 18 heavy (non-hydrogen) atoms. The summed E-state index contributed by atoms with van der Waals surface area (Å²) in [6.45, 7) is 0.173. The van der Waals surface area contributed by atoms with Gasteiger partial charge in [0.2, 0.25) is 0 Å². The first-order valence-electron chi connectivity index (χ1n) is 5.77. The second-order valence-corrected chi connectivity index (χ2v) is 4.66. The number of methoxy groups -OCH3 is 1. The van der Waals surface area contributed by atoms with Crippen molar-refractivity contribution in [3.8, 4) is 0 Å². The van der Waals surface area contributed by atoms with Crippen LogP contribution in [0.3, 0.4) is 0 Å². The van der Waals surface area contributed by atoms with E-state index in [1.165, 1.54) is 7.11 Å². The lowest BCUT2D eigenvalue weighted by Crippen LogP contribution is -2.52. The topological polar surface area (TPSA) is 47.6 Å². The Labute approximate surface area is 104 Å². The van der Waals surface area contributed by atoms with Gasteiger partial charge in [0.15, 0.2) is 0 Å². The molecule has 0 spiro atoms. The molecule has 4 nitrogen and oxygen atoms in total. The zero-order valence-electron chi connectivity index (χ0n) is 10.5. The van der Waals surface area contributed by atoms with Crippen LogP contribution in [0.1, 0.15) is 26.2 Å². The Morgan fingerprint density at radius 1 is 1.39 bits per heavy atom. The first-order chi connectivity index (χ1) is 8.27. The van der Waals surface area contributed by atoms with Gasteiger partial charge in [-0.3, -0.25) is 10.1 Å². The van der Waals surface area contributed by atoms with E-state index in [4.69, 9.17) is 0 Å². The lowest BCUT2D eigenvalue weighted by Gasteiger charge is -2.28. The Balaban J connectivity index is 2.38. The van der Waals surface area contributed by atoms with Crippen molar-refractivity contribution in [2.45, 2.75) is 43.9 Å². The van der Waals surface area contributed by atoms with Gasteiger partial charge in [0.1, 0.15) is 12.1 Å². The molecule has 0 aromatic rings. The van der Waals surface area contributed by atoms with Crippen LogP contribution in [-0.2, 0) is 14.3 Å². The second-order valence-electron chi connectivity index (χ2n) is 4.66. The fourth-order valence-electron chi connectivity index (χ4n) is 1.60. The van der Waals surface area contributed by atoms with Crippen LogP contribution in [0.4, 0.5) is 13.2 Å². The Morgan fingerprint density at radius 3 is 2.44 bits per heavy atom. The number of nitrogens with one attached hydrogen (secondary N) is 1. The summed E-state index contributed by atoms with van der Waals surface area (Å²) in [7, 11) is 1.26. The maximum atomic E-state index is 11.9. The molecule has 0 saturated heterocycles. The predicted octanol–water partition coefficient (Wildman–Crippen LogP) is 1.64. The summed E-state index contributed by atoms with van der Waals surface area (Å²) in [6, 6.07) is 0.247. The molecule has 0 bridgehead atoms. The van der Waals surface area contributed by atoms with Crippen molar-refractivity contribution in [1.29, 1.82) is 0 Å². The molecule has 1 fully saturated rings. The summed E-state index contributed by atoms with van der Waals surface area (Å²) in [5, 5.41) is 3.08. The third kappa shape index (κ3) is 5.22. The van der Waals surface area contributed by atoms with Gasteiger partial charge in [0, 0.05) is 12.6 Å². The smallest absolute Gasteiger partial charge is 0.411 e. The van der Waals surface area contributed by atoms with E-state index in [1.807, 2.05) is 0 Å². The Hall–Kier alpha value is -0.820. The number of halogens is 3. The summed E-state index contributed by atoms with van der Waals surface area (Å²) in [6.07, 6.45) is -2.26. The first kappa shape index (κ1) is 15.2. The minimum atomic E-state index is -4.34. The minimum Gasteiger partial charge on any atom is -0.468 e. The molecule has 1 atom stereocenters. The average molecular weight is 269 g/mol. The zero-order valence-corrected chi connectivity index (χ0v) is 10.5. The summed E-state index contributed by atoms with van der Waals surface area (Å²) >= 11 is 0. The highest BCUT2D eigenvalue weighted by Gasteiger charge is 2.39. The number of ether oxygens (including phenoxy) is 2. The number of carbonyl (C=O) groups is 1. The highest BCUT2D eigenvalue weighted by molar-refractivity contribution is 5.80. The van der Waals surface area contributed by atoms with Crippen LogP contribution in [0.15, 0.2) is 0 Å². The maximum Gasteiger partial charge on any atom is 0.411 e. The fourth-order valence-corrected chi connectivity index (χ4v) is 1.60. The molecule has 0 aromatic heterocycles. The van der Waals surface area contributed by atoms with E-state index in [1.54, 1.807) is 6.92 Å². The first-order valence-corrected chi connectivity index (χ1v) is 5.77. The summed E-state index contributed by atoms with van der Waals surface area (Å²) in [4.78, 5) is 11.6. The molecule has 0 aromatic carbocycles. The standard InChI is InChI=1S/C11H18F3NO3/c1-10(9(16)17-2,15-8-3-4-8)5-6-18-7-11(12,13)14/h8,15H,3-7H2,1-2H3. The number of hydrogen-bond donors (Lipinski definition) is 1. The number of hydrogen-bond acceptors (Lipinski definition) is 4. The van der Waals surface area contributed by atoms with Gasteiger partial charge in [-0.2, -0.15) is 13.2 Å². The fraction of sp³-hybridized carbons (Fsp3) is 0.909. The molecule has 0 aliphatic heterocycles. The molecule has 1 aliphatic carbocycles. The third-order valence-corrected chi connectivity index (χ3v) is 2.75. The lowest BCUT2D eigenvalue weighted by atomic mass is 9.98. The number of carbonyl (C=O) groups excluding carboxylic acids is 1. The molecule has 1 aliphatic rings. The molecule has 7 heteroatoms. The quantitative estimate of drug-likeness (QED) is 0.564. The molecule has 106 valence electrons. The Kier molecular flexibility index (Phi) is 4.98. The van der Waals surface area contributed by atoms with Crippen molar-refractivity contribution in [2.24, 2.45) is 0 Å². The predicted molar refractivity (Wildman–Crippen MR) is 58.1 cm³/mol. The zero-order chi connectivity index (χ0) is 13.8. The van der Waals surface area contributed by atoms with Gasteiger partial charge in [-0.25, -0.2) is 0 Å². The van der Waals surface area contributed by atoms with E-state index >= 15 is 0 Å². The Morgan fingerprint density at radius 2 is 2.00 bits per heavy atom. The number of alkyl halides is 3. The van der Waals surface area contributed by atoms with Gasteiger partial charge in [0.25, 0.3) is 0 Å². The van der Waals surface area contributed by atoms with Crippen LogP contribution < -0.4 is 5.32 Å². The summed E-state index contributed by atoms with van der Waals surface area (Å²) in [5.41, 5.74) is -0.985. The van der Waals surface area contributed by atoms with Gasteiger partial charge in [-0.05, 0) is 26.2 Å². The second kappa shape index (κ2) is 5.88. The molecule has 1 unspecified atom stereocenters. The normalized spacial score (nSPS) is 19.4. The van der Waals surface area contributed by atoms with Gasteiger partial charge in [-0.15, -0.1) is 0 Å². The summed E-state index contributed by atoms with van der Waals surface area (Å²) < 4.78 is 44.8. The largest absolute Gasteiger partial charge is 0.468 e. The monoisotopic (exact) mass is 269 g/mol. The maximum absolute atomic E-state index is 11.9. The molecule has 1 rings (SSSR count). The van der Waals surface area contributed by atoms with Crippen molar-refractivity contribution in [3.05, 3.63) is 0 Å². The third-order valence-electron chi connectivity index (χ3n) is 2.75. The van der Waals surface area contributed by atoms with Crippen LogP contribution in [-0.4, -0.2) is 44.0 Å². The molecule has 1 saturated carbocycles. The van der Waals surface area contributed by atoms with Gasteiger partial charge in [-0.1, -0.05) is 0 Å².